The fraction of sp³-hybridized carbons (Fsp3) is 0.333. The van der Waals surface area contributed by atoms with Crippen molar-refractivity contribution in [2.45, 2.75) is 44.9 Å². The number of piperidine rings is 1. The number of halogens is 3. The van der Waals surface area contributed by atoms with E-state index in [2.05, 4.69) is 22.1 Å². The zero-order valence-electron chi connectivity index (χ0n) is 21.6. The van der Waals surface area contributed by atoms with Gasteiger partial charge in [-0.05, 0) is 79.3 Å². The van der Waals surface area contributed by atoms with Crippen molar-refractivity contribution in [3.8, 4) is 16.9 Å². The maximum Gasteiger partial charge on any atom is 0.416 e. The van der Waals surface area contributed by atoms with Crippen LogP contribution in [0.1, 0.15) is 47.8 Å². The average molecular weight is 535 g/mol. The third-order valence-corrected chi connectivity index (χ3v) is 7.62. The van der Waals surface area contributed by atoms with Crippen LogP contribution >= 0.6 is 0 Å². The maximum absolute atomic E-state index is 13.8. The molecule has 0 saturated carbocycles. The summed E-state index contributed by atoms with van der Waals surface area (Å²) in [5, 5.41) is 0. The number of likely N-dealkylation sites (tertiary alicyclic amines) is 1. The van der Waals surface area contributed by atoms with Crippen molar-refractivity contribution in [1.82, 2.24) is 19.8 Å². The molecular weight excluding hydrogens is 505 g/mol. The van der Waals surface area contributed by atoms with Crippen LogP contribution in [-0.2, 0) is 12.7 Å². The summed E-state index contributed by atoms with van der Waals surface area (Å²) in [6.07, 6.45) is -1.88. The number of imidazole rings is 1. The zero-order valence-corrected chi connectivity index (χ0v) is 21.6. The molecule has 3 aromatic carbocycles. The molecule has 1 aromatic heterocycles. The molecule has 4 aromatic rings. The van der Waals surface area contributed by atoms with Crippen molar-refractivity contribution in [1.29, 1.82) is 0 Å². The number of benzene rings is 3. The molecule has 2 amide bonds. The van der Waals surface area contributed by atoms with Gasteiger partial charge < -0.3 is 19.5 Å². The highest BCUT2D eigenvalue weighted by atomic mass is 19.4. The number of fused-ring (bicyclic) bond motifs is 2. The third kappa shape index (κ3) is 5.05. The van der Waals surface area contributed by atoms with Crippen LogP contribution in [-0.4, -0.2) is 45.5 Å². The first-order chi connectivity index (χ1) is 18.8. The lowest BCUT2D eigenvalue weighted by Gasteiger charge is -2.39. The smallest absolute Gasteiger partial charge is 0.416 e. The first-order valence-electron chi connectivity index (χ1n) is 13.2. The van der Waals surface area contributed by atoms with Crippen LogP contribution in [0.25, 0.3) is 22.2 Å². The molecule has 202 valence electrons. The molecule has 1 atom stereocenters. The van der Waals surface area contributed by atoms with E-state index in [0.717, 1.165) is 76.3 Å². The summed E-state index contributed by atoms with van der Waals surface area (Å²) >= 11 is 0. The number of aromatic amines is 1. The Bertz CT molecular complexity index is 1510. The molecule has 1 saturated heterocycles. The van der Waals surface area contributed by atoms with E-state index in [1.165, 1.54) is 12.1 Å². The Hall–Kier alpha value is -4.01. The second kappa shape index (κ2) is 9.94. The van der Waals surface area contributed by atoms with Crippen molar-refractivity contribution in [2.24, 2.45) is 0 Å². The summed E-state index contributed by atoms with van der Waals surface area (Å²) in [7, 11) is 0. The van der Waals surface area contributed by atoms with Gasteiger partial charge in [-0.15, -0.1) is 0 Å². The lowest BCUT2D eigenvalue weighted by atomic mass is 9.94. The summed E-state index contributed by atoms with van der Waals surface area (Å²) in [5.41, 5.74) is 4.90. The molecule has 39 heavy (non-hydrogen) atoms. The number of rotatable bonds is 2. The summed E-state index contributed by atoms with van der Waals surface area (Å²) in [4.78, 5) is 25.2. The van der Waals surface area contributed by atoms with E-state index in [-0.39, 0.29) is 12.1 Å². The van der Waals surface area contributed by atoms with Crippen LogP contribution in [0.4, 0.5) is 18.0 Å². The fourth-order valence-corrected chi connectivity index (χ4v) is 5.64. The van der Waals surface area contributed by atoms with E-state index >= 15 is 0 Å². The van der Waals surface area contributed by atoms with Crippen LogP contribution in [0, 0.1) is 6.92 Å². The summed E-state index contributed by atoms with van der Waals surface area (Å²) in [5.74, 6) is 1.62. The Kier molecular flexibility index (Phi) is 6.45. The number of nitrogens with one attached hydrogen (secondary N) is 1. The predicted octanol–water partition coefficient (Wildman–Crippen LogP) is 7.10. The summed E-state index contributed by atoms with van der Waals surface area (Å²) < 4.78 is 45.3. The number of aromatic nitrogens is 2. The highest BCUT2D eigenvalue weighted by molar-refractivity contribution is 5.82. The van der Waals surface area contributed by atoms with Crippen LogP contribution in [0.15, 0.2) is 60.7 Å². The van der Waals surface area contributed by atoms with Gasteiger partial charge in [0.25, 0.3) is 0 Å². The third-order valence-electron chi connectivity index (χ3n) is 7.62. The van der Waals surface area contributed by atoms with Gasteiger partial charge in [0.05, 0.1) is 35.7 Å². The molecule has 0 radical (unpaired) electrons. The molecule has 2 aliphatic rings. The van der Waals surface area contributed by atoms with Gasteiger partial charge in [0.2, 0.25) is 0 Å². The molecule has 1 unspecified atom stereocenters. The monoisotopic (exact) mass is 534 g/mol. The Balaban J connectivity index is 1.25. The molecule has 1 fully saturated rings. The first-order valence-corrected chi connectivity index (χ1v) is 13.2. The van der Waals surface area contributed by atoms with Crippen molar-refractivity contribution < 1.29 is 22.7 Å². The molecule has 6 nitrogen and oxygen atoms in total. The van der Waals surface area contributed by atoms with Gasteiger partial charge in [0.1, 0.15) is 18.2 Å². The zero-order chi connectivity index (χ0) is 27.1. The Morgan fingerprint density at radius 3 is 2.56 bits per heavy atom. The van der Waals surface area contributed by atoms with Crippen molar-refractivity contribution in [3.05, 3.63) is 83.2 Å². The number of carbonyl (C=O) groups excluding carboxylic acids is 1. The van der Waals surface area contributed by atoms with Gasteiger partial charge in [-0.2, -0.15) is 13.2 Å². The van der Waals surface area contributed by atoms with Gasteiger partial charge in [-0.1, -0.05) is 24.3 Å². The van der Waals surface area contributed by atoms with E-state index in [0.29, 0.717) is 26.2 Å². The minimum Gasteiger partial charge on any atom is -0.491 e. The molecule has 0 bridgehead atoms. The minimum atomic E-state index is -4.39. The molecule has 2 aliphatic heterocycles. The Morgan fingerprint density at radius 2 is 1.77 bits per heavy atom. The first kappa shape index (κ1) is 25.3. The normalized spacial score (nSPS) is 18.0. The predicted molar refractivity (Wildman–Crippen MR) is 142 cm³/mol. The summed E-state index contributed by atoms with van der Waals surface area (Å²) in [6, 6.07) is 17.0. The quantitative estimate of drug-likeness (QED) is 0.298. The van der Waals surface area contributed by atoms with E-state index < -0.39 is 11.7 Å². The second-order valence-corrected chi connectivity index (χ2v) is 10.3. The van der Waals surface area contributed by atoms with Gasteiger partial charge >= 0.3 is 12.2 Å². The number of H-pyrrole nitrogens is 1. The van der Waals surface area contributed by atoms with Crippen molar-refractivity contribution in [2.75, 3.05) is 19.7 Å². The number of urea groups is 1. The number of aryl methyl sites for hydroxylation is 1. The highest BCUT2D eigenvalue weighted by Crippen LogP contribution is 2.36. The average Bonchev–Trinajstić information content (AvgIpc) is 3.17. The lowest BCUT2D eigenvalue weighted by molar-refractivity contribution is -0.137. The van der Waals surface area contributed by atoms with Gasteiger partial charge in [-0.25, -0.2) is 9.78 Å². The number of amides is 2. The molecule has 3 heterocycles. The number of alkyl halides is 3. The van der Waals surface area contributed by atoms with Crippen LogP contribution in [0.3, 0.4) is 0 Å². The number of ether oxygens (including phenoxy) is 1. The van der Waals surface area contributed by atoms with Gasteiger partial charge in [-0.3, -0.25) is 0 Å². The number of nitrogens with zero attached hydrogens (tertiary/aromatic N) is 3. The van der Waals surface area contributed by atoms with E-state index in [4.69, 9.17) is 4.74 Å². The number of hydrogen-bond donors (Lipinski definition) is 1. The second-order valence-electron chi connectivity index (χ2n) is 10.3. The lowest BCUT2D eigenvalue weighted by Crippen LogP contribution is -2.47. The summed E-state index contributed by atoms with van der Waals surface area (Å²) in [6.45, 7) is 3.69. The SMILES string of the molecule is Cc1nc2ccc(-c3ccc4c(c3)CN(C(=O)N3CCCCC3c3ccc(C(F)(F)F)cc3)CCO4)cc2[nH]1. The number of hydrogen-bond acceptors (Lipinski definition) is 3. The molecular formula is C30H29F3N4O2. The van der Waals surface area contributed by atoms with Gasteiger partial charge in [0, 0.05) is 12.1 Å². The molecule has 0 spiro atoms. The van der Waals surface area contributed by atoms with E-state index in [1.807, 2.05) is 36.1 Å². The molecule has 9 heteroatoms. The standard InChI is InChI=1S/C30H29F3N4O2/c1-19-34-25-11-7-22(17-26(25)35-19)21-8-12-28-23(16-21)18-36(14-15-39-28)29(38)37-13-3-2-4-27(37)20-5-9-24(10-6-20)30(31,32)33/h5-12,16-17,27H,2-4,13-15,18H2,1H3,(H,34,35). The topological polar surface area (TPSA) is 61.5 Å². The van der Waals surface area contributed by atoms with Crippen LogP contribution in [0.2, 0.25) is 0 Å². The van der Waals surface area contributed by atoms with E-state index in [9.17, 15) is 18.0 Å². The molecule has 1 N–H and O–H groups in total. The van der Waals surface area contributed by atoms with Crippen molar-refractivity contribution >= 4 is 17.1 Å². The van der Waals surface area contributed by atoms with Gasteiger partial charge in [0.15, 0.2) is 0 Å². The van der Waals surface area contributed by atoms with Crippen LogP contribution in [0.5, 0.6) is 5.75 Å². The molecule has 6 rings (SSSR count). The number of carbonyl (C=O) groups is 1. The largest absolute Gasteiger partial charge is 0.491 e. The highest BCUT2D eigenvalue weighted by Gasteiger charge is 2.34. The van der Waals surface area contributed by atoms with Crippen LogP contribution < -0.4 is 4.74 Å². The maximum atomic E-state index is 13.8. The van der Waals surface area contributed by atoms with Crippen molar-refractivity contribution in [3.63, 3.8) is 0 Å². The Morgan fingerprint density at radius 1 is 1.00 bits per heavy atom. The van der Waals surface area contributed by atoms with E-state index in [1.54, 1.807) is 4.90 Å². The fourth-order valence-electron chi connectivity index (χ4n) is 5.64. The minimum absolute atomic E-state index is 0.115. The Labute approximate surface area is 224 Å². The molecule has 0 aliphatic carbocycles.